The van der Waals surface area contributed by atoms with Crippen LogP contribution >= 0.6 is 11.8 Å². The number of carboxylic acid groups (broad SMARTS) is 1. The first-order valence-electron chi connectivity index (χ1n) is 5.32. The zero-order chi connectivity index (χ0) is 12.9. The van der Waals surface area contributed by atoms with Gasteiger partial charge in [-0.1, -0.05) is 0 Å². The molecule has 0 fully saturated rings. The van der Waals surface area contributed by atoms with Gasteiger partial charge in [0, 0.05) is 24.0 Å². The smallest absolute Gasteiger partial charge is 0.354 e. The summed E-state index contributed by atoms with van der Waals surface area (Å²) in [5.74, 6) is -0.117. The van der Waals surface area contributed by atoms with Gasteiger partial charge in [0.25, 0.3) is 0 Å². The van der Waals surface area contributed by atoms with Crippen molar-refractivity contribution in [2.75, 3.05) is 12.9 Å². The molecule has 1 aromatic heterocycles. The zero-order valence-electron chi connectivity index (χ0n) is 10.3. The lowest BCUT2D eigenvalue weighted by atomic mass is 10.1. The van der Waals surface area contributed by atoms with E-state index >= 15 is 0 Å². The topological polar surface area (TPSA) is 59.4 Å². The molecule has 1 heterocycles. The number of pyridine rings is 1. The van der Waals surface area contributed by atoms with Crippen LogP contribution in [0, 0.1) is 0 Å². The van der Waals surface area contributed by atoms with Gasteiger partial charge < -0.3 is 9.84 Å². The molecule has 5 heteroatoms. The minimum Gasteiger partial charge on any atom is -0.477 e. The molecule has 0 aliphatic carbocycles. The first-order chi connectivity index (χ1) is 7.94. The average Bonchev–Trinajstić information content (AvgIpc) is 2.29. The molecule has 0 aliphatic heterocycles. The van der Waals surface area contributed by atoms with Gasteiger partial charge in [0.1, 0.15) is 5.69 Å². The molecule has 0 saturated heterocycles. The summed E-state index contributed by atoms with van der Waals surface area (Å²) in [6.45, 7) is 4.06. The predicted molar refractivity (Wildman–Crippen MR) is 67.6 cm³/mol. The first-order valence-corrected chi connectivity index (χ1v) is 6.30. The van der Waals surface area contributed by atoms with Crippen LogP contribution in [0.15, 0.2) is 23.2 Å². The lowest BCUT2D eigenvalue weighted by molar-refractivity contribution is 0.0206. The Morgan fingerprint density at radius 1 is 1.59 bits per heavy atom. The van der Waals surface area contributed by atoms with Crippen molar-refractivity contribution >= 4 is 17.7 Å². The fraction of sp³-hybridized carbons (Fsp3) is 0.500. The number of carboxylic acids is 1. The van der Waals surface area contributed by atoms with Crippen LogP contribution in [0.5, 0.6) is 0 Å². The summed E-state index contributed by atoms with van der Waals surface area (Å²) >= 11 is 1.61. The van der Waals surface area contributed by atoms with E-state index in [2.05, 4.69) is 4.98 Å². The summed E-state index contributed by atoms with van der Waals surface area (Å²) in [6.07, 6.45) is 2.42. The summed E-state index contributed by atoms with van der Waals surface area (Å²) in [7, 11) is 1.69. The van der Waals surface area contributed by atoms with E-state index in [1.807, 2.05) is 19.9 Å². The lowest BCUT2D eigenvalue weighted by Crippen LogP contribution is -2.22. The van der Waals surface area contributed by atoms with Crippen LogP contribution in [0.4, 0.5) is 0 Å². The molecule has 1 N–H and O–H groups in total. The van der Waals surface area contributed by atoms with Gasteiger partial charge in [-0.05, 0) is 32.4 Å². The maximum absolute atomic E-state index is 10.7. The summed E-state index contributed by atoms with van der Waals surface area (Å²) in [5, 5.41) is 8.81. The fourth-order valence-electron chi connectivity index (χ4n) is 1.13. The van der Waals surface area contributed by atoms with Crippen LogP contribution in [0.1, 0.15) is 30.8 Å². The van der Waals surface area contributed by atoms with Gasteiger partial charge in [0.15, 0.2) is 0 Å². The van der Waals surface area contributed by atoms with Crippen molar-refractivity contribution in [3.05, 3.63) is 24.0 Å². The summed E-state index contributed by atoms with van der Waals surface area (Å²) in [6, 6.07) is 3.41. The molecule has 0 bridgehead atoms. The normalized spacial score (nSPS) is 11.5. The highest BCUT2D eigenvalue weighted by molar-refractivity contribution is 7.99. The van der Waals surface area contributed by atoms with Crippen molar-refractivity contribution < 1.29 is 14.6 Å². The molecule has 1 rings (SSSR count). The molecule has 0 radical (unpaired) electrons. The Hall–Kier alpha value is -1.07. The highest BCUT2D eigenvalue weighted by Gasteiger charge is 2.15. The van der Waals surface area contributed by atoms with Crippen LogP contribution in [0.2, 0.25) is 0 Å². The molecule has 0 aliphatic rings. The molecule has 1 aromatic rings. The molecular formula is C12H17NO3S. The summed E-state index contributed by atoms with van der Waals surface area (Å²) in [4.78, 5) is 15.4. The van der Waals surface area contributed by atoms with Crippen molar-refractivity contribution in [2.45, 2.75) is 30.8 Å². The van der Waals surface area contributed by atoms with Gasteiger partial charge in [0.2, 0.25) is 0 Å². The Balaban J connectivity index is 2.52. The number of thioether (sulfide) groups is 1. The number of hydrogen-bond acceptors (Lipinski definition) is 4. The highest BCUT2D eigenvalue weighted by Crippen LogP contribution is 2.23. The highest BCUT2D eigenvalue weighted by atomic mass is 32.2. The van der Waals surface area contributed by atoms with Gasteiger partial charge in [-0.25, -0.2) is 9.78 Å². The van der Waals surface area contributed by atoms with Crippen molar-refractivity contribution in [3.63, 3.8) is 0 Å². The van der Waals surface area contributed by atoms with Crippen LogP contribution in [0.25, 0.3) is 0 Å². The van der Waals surface area contributed by atoms with E-state index in [1.54, 1.807) is 24.9 Å². The maximum atomic E-state index is 10.7. The summed E-state index contributed by atoms with van der Waals surface area (Å²) < 4.78 is 5.32. The Morgan fingerprint density at radius 3 is 2.88 bits per heavy atom. The Labute approximate surface area is 105 Å². The second-order valence-electron chi connectivity index (χ2n) is 4.24. The number of rotatable bonds is 6. The zero-order valence-corrected chi connectivity index (χ0v) is 11.1. The first kappa shape index (κ1) is 14.0. The minimum atomic E-state index is -0.996. The molecule has 17 heavy (non-hydrogen) atoms. The molecule has 0 spiro atoms. The number of carbonyl (C=O) groups is 1. The van der Waals surface area contributed by atoms with Gasteiger partial charge in [-0.15, -0.1) is 11.8 Å². The molecule has 0 saturated carbocycles. The van der Waals surface area contributed by atoms with Gasteiger partial charge in [-0.3, -0.25) is 0 Å². The Kier molecular flexibility index (Phi) is 4.96. The number of aromatic nitrogens is 1. The fourth-order valence-corrected chi connectivity index (χ4v) is 2.32. The number of hydrogen-bond donors (Lipinski definition) is 1. The molecule has 94 valence electrons. The second kappa shape index (κ2) is 6.02. The van der Waals surface area contributed by atoms with Crippen molar-refractivity contribution in [2.24, 2.45) is 0 Å². The molecule has 0 unspecified atom stereocenters. The van der Waals surface area contributed by atoms with E-state index in [0.29, 0.717) is 0 Å². The standard InChI is InChI=1S/C12H17NO3S/c1-12(2,16-3)5-7-17-9-4-6-13-10(8-9)11(14)15/h4,6,8H,5,7H2,1-3H3,(H,14,15). The van der Waals surface area contributed by atoms with Crippen LogP contribution < -0.4 is 0 Å². The molecular weight excluding hydrogens is 238 g/mol. The number of ether oxygens (including phenoxy) is 1. The van der Waals surface area contributed by atoms with Crippen molar-refractivity contribution in [1.29, 1.82) is 0 Å². The van der Waals surface area contributed by atoms with Crippen LogP contribution in [-0.4, -0.2) is 34.5 Å². The van der Waals surface area contributed by atoms with Gasteiger partial charge in [-0.2, -0.15) is 0 Å². The third-order valence-corrected chi connectivity index (χ3v) is 3.47. The SMILES string of the molecule is COC(C)(C)CCSc1ccnc(C(=O)O)c1. The van der Waals surface area contributed by atoms with E-state index in [4.69, 9.17) is 9.84 Å². The largest absolute Gasteiger partial charge is 0.477 e. The van der Waals surface area contributed by atoms with E-state index in [1.165, 1.54) is 6.20 Å². The maximum Gasteiger partial charge on any atom is 0.354 e. The lowest BCUT2D eigenvalue weighted by Gasteiger charge is -2.22. The quantitative estimate of drug-likeness (QED) is 0.792. The van der Waals surface area contributed by atoms with Gasteiger partial charge in [0.05, 0.1) is 5.60 Å². The number of methoxy groups -OCH3 is 1. The third kappa shape index (κ3) is 4.75. The van der Waals surface area contributed by atoms with E-state index < -0.39 is 5.97 Å². The molecule has 4 nitrogen and oxygen atoms in total. The predicted octanol–water partition coefficient (Wildman–Crippen LogP) is 2.69. The van der Waals surface area contributed by atoms with Crippen molar-refractivity contribution in [3.8, 4) is 0 Å². The Bertz CT molecular complexity index is 393. The average molecular weight is 255 g/mol. The van der Waals surface area contributed by atoms with Crippen LogP contribution in [0.3, 0.4) is 0 Å². The molecule has 0 aromatic carbocycles. The van der Waals surface area contributed by atoms with Crippen molar-refractivity contribution in [1.82, 2.24) is 4.98 Å². The molecule has 0 amide bonds. The number of nitrogens with zero attached hydrogens (tertiary/aromatic N) is 1. The van der Waals surface area contributed by atoms with E-state index in [9.17, 15) is 4.79 Å². The second-order valence-corrected chi connectivity index (χ2v) is 5.41. The Morgan fingerprint density at radius 2 is 2.29 bits per heavy atom. The molecule has 0 atom stereocenters. The monoisotopic (exact) mass is 255 g/mol. The van der Waals surface area contributed by atoms with Crippen LogP contribution in [-0.2, 0) is 4.74 Å². The van der Waals surface area contributed by atoms with E-state index in [-0.39, 0.29) is 11.3 Å². The van der Waals surface area contributed by atoms with E-state index in [0.717, 1.165) is 17.1 Å². The minimum absolute atomic E-state index is 0.0843. The summed E-state index contributed by atoms with van der Waals surface area (Å²) in [5.41, 5.74) is -0.0589. The number of aromatic carboxylic acids is 1. The third-order valence-electron chi connectivity index (χ3n) is 2.48. The van der Waals surface area contributed by atoms with Gasteiger partial charge >= 0.3 is 5.97 Å².